The number of hydrogen-bond acceptors (Lipinski definition) is 6. The zero-order chi connectivity index (χ0) is 23.5. The van der Waals surface area contributed by atoms with Crippen molar-refractivity contribution < 1.29 is 41.7 Å². The maximum atomic E-state index is 13.6. The second-order valence-corrected chi connectivity index (χ2v) is 7.39. The summed E-state index contributed by atoms with van der Waals surface area (Å²) in [6.07, 6.45) is 0.538. The van der Waals surface area contributed by atoms with E-state index in [0.29, 0.717) is 32.0 Å². The van der Waals surface area contributed by atoms with E-state index in [-0.39, 0.29) is 17.7 Å². The lowest BCUT2D eigenvalue weighted by Crippen LogP contribution is -2.66. The highest BCUT2D eigenvalue weighted by Gasteiger charge is 2.55. The zero-order valence-corrected chi connectivity index (χ0v) is 16.9. The Kier molecular flexibility index (Phi) is 6.67. The van der Waals surface area contributed by atoms with E-state index in [2.05, 4.69) is 9.97 Å². The van der Waals surface area contributed by atoms with Crippen LogP contribution in [0.15, 0.2) is 30.9 Å². The summed E-state index contributed by atoms with van der Waals surface area (Å²) in [6.45, 7) is 1.94. The first-order valence-electron chi connectivity index (χ1n) is 9.46. The number of aliphatic carboxylic acids is 1. The topological polar surface area (TPSA) is 107 Å². The van der Waals surface area contributed by atoms with Crippen LogP contribution in [0.5, 0.6) is 5.88 Å². The summed E-state index contributed by atoms with van der Waals surface area (Å²) in [4.78, 5) is 31.0. The van der Waals surface area contributed by atoms with Crippen LogP contribution in [-0.2, 0) is 16.6 Å². The highest BCUT2D eigenvalue weighted by molar-refractivity contribution is 5.92. The van der Waals surface area contributed by atoms with E-state index in [1.165, 1.54) is 18.3 Å². The number of nitrogens with zero attached hydrogens (tertiary/aromatic N) is 4. The number of aromatic nitrogens is 3. The van der Waals surface area contributed by atoms with Crippen LogP contribution >= 0.6 is 0 Å². The smallest absolute Gasteiger partial charge is 0.475 e. The maximum Gasteiger partial charge on any atom is 0.490 e. The number of carboxylic acids is 1. The number of hydrogen-bond donors (Lipinski definition) is 1. The molecule has 2 aliphatic rings. The van der Waals surface area contributed by atoms with Crippen molar-refractivity contribution in [1.29, 1.82) is 0 Å². The molecule has 0 saturated carbocycles. The standard InChI is InChI=1S/C17H19FN4O3.C2HF3O2/c1-21-7-14(20-11-21)16(23)22-9-17(10-22)12(4-6-25-17)8-24-15-13(18)3-2-5-19-15;3-2(4,5)1(6)7/h2-3,5,7,11-12H,4,6,8-10H2,1H3;(H,6,7). The van der Waals surface area contributed by atoms with Gasteiger partial charge in [-0.2, -0.15) is 13.2 Å². The Balaban J connectivity index is 0.000000360. The molecule has 2 fully saturated rings. The van der Waals surface area contributed by atoms with Crippen LogP contribution in [0.4, 0.5) is 17.6 Å². The molecule has 2 aliphatic heterocycles. The Morgan fingerprint density at radius 3 is 2.59 bits per heavy atom. The molecule has 1 atom stereocenters. The van der Waals surface area contributed by atoms with Crippen molar-refractivity contribution in [3.8, 4) is 5.88 Å². The number of imidazole rings is 1. The van der Waals surface area contributed by atoms with Crippen LogP contribution in [0.1, 0.15) is 16.9 Å². The van der Waals surface area contributed by atoms with Crippen LogP contribution in [0.25, 0.3) is 0 Å². The molecular weight excluding hydrogens is 440 g/mol. The third-order valence-electron chi connectivity index (χ3n) is 5.12. The van der Waals surface area contributed by atoms with Gasteiger partial charge >= 0.3 is 12.1 Å². The molecule has 2 saturated heterocycles. The predicted octanol–water partition coefficient (Wildman–Crippen LogP) is 1.90. The summed E-state index contributed by atoms with van der Waals surface area (Å²) in [6, 6.07) is 2.84. The Labute approximate surface area is 179 Å². The fraction of sp³-hybridized carbons (Fsp3) is 0.474. The van der Waals surface area contributed by atoms with Crippen LogP contribution < -0.4 is 4.74 Å². The number of likely N-dealkylation sites (tertiary alicyclic amines) is 1. The van der Waals surface area contributed by atoms with Gasteiger partial charge in [-0.25, -0.2) is 19.2 Å². The van der Waals surface area contributed by atoms with Crippen molar-refractivity contribution >= 4 is 11.9 Å². The van der Waals surface area contributed by atoms with Crippen molar-refractivity contribution in [2.24, 2.45) is 13.0 Å². The van der Waals surface area contributed by atoms with Crippen LogP contribution in [0.2, 0.25) is 0 Å². The third kappa shape index (κ3) is 5.15. The Hall–Kier alpha value is -3.22. The molecule has 9 nitrogen and oxygen atoms in total. The van der Waals surface area contributed by atoms with E-state index in [1.807, 2.05) is 7.05 Å². The van der Waals surface area contributed by atoms with Gasteiger partial charge in [0, 0.05) is 32.0 Å². The number of ether oxygens (including phenoxy) is 2. The number of pyridine rings is 1. The third-order valence-corrected chi connectivity index (χ3v) is 5.12. The maximum absolute atomic E-state index is 13.6. The number of carboxylic acid groups (broad SMARTS) is 1. The van der Waals surface area contributed by atoms with E-state index < -0.39 is 23.6 Å². The van der Waals surface area contributed by atoms with Gasteiger partial charge in [-0.1, -0.05) is 0 Å². The predicted molar refractivity (Wildman–Crippen MR) is 99.3 cm³/mol. The molecule has 1 N–H and O–H groups in total. The van der Waals surface area contributed by atoms with Crippen molar-refractivity contribution in [2.45, 2.75) is 18.2 Å². The van der Waals surface area contributed by atoms with Gasteiger partial charge < -0.3 is 24.0 Å². The molecule has 0 aliphatic carbocycles. The summed E-state index contributed by atoms with van der Waals surface area (Å²) < 4.78 is 58.6. The molecule has 0 bridgehead atoms. The fourth-order valence-electron chi connectivity index (χ4n) is 3.46. The number of carbonyl (C=O) groups is 2. The minimum atomic E-state index is -5.08. The van der Waals surface area contributed by atoms with E-state index in [9.17, 15) is 22.4 Å². The molecule has 2 aromatic heterocycles. The Morgan fingerprint density at radius 2 is 2.03 bits per heavy atom. The molecule has 1 unspecified atom stereocenters. The molecule has 2 aromatic rings. The Morgan fingerprint density at radius 1 is 1.34 bits per heavy atom. The average molecular weight is 460 g/mol. The molecule has 13 heteroatoms. The number of aryl methyl sites for hydroxylation is 1. The first-order valence-corrected chi connectivity index (χ1v) is 9.46. The molecular formula is C19H20F4N4O5. The molecule has 1 amide bonds. The molecule has 4 rings (SSSR count). The van der Waals surface area contributed by atoms with Gasteiger partial charge in [-0.05, 0) is 18.6 Å². The molecule has 0 radical (unpaired) electrons. The largest absolute Gasteiger partial charge is 0.490 e. The lowest BCUT2D eigenvalue weighted by Gasteiger charge is -2.49. The van der Waals surface area contributed by atoms with Gasteiger partial charge in [0.2, 0.25) is 5.88 Å². The summed E-state index contributed by atoms with van der Waals surface area (Å²) in [7, 11) is 1.82. The second kappa shape index (κ2) is 9.10. The quantitative estimate of drug-likeness (QED) is 0.695. The number of halogens is 4. The molecule has 1 spiro atoms. The van der Waals surface area contributed by atoms with Gasteiger partial charge in [-0.3, -0.25) is 4.79 Å². The SMILES string of the molecule is Cn1cnc(C(=O)N2CC3(C2)OCCC3COc2ncccc2F)c1.O=C(O)C(F)(F)F. The lowest BCUT2D eigenvalue weighted by molar-refractivity contribution is -0.192. The monoisotopic (exact) mass is 460 g/mol. The number of alkyl halides is 3. The number of rotatable bonds is 4. The summed E-state index contributed by atoms with van der Waals surface area (Å²) in [5.74, 6) is -3.23. The summed E-state index contributed by atoms with van der Waals surface area (Å²) in [5, 5.41) is 7.12. The highest BCUT2D eigenvalue weighted by Crippen LogP contribution is 2.40. The molecule has 4 heterocycles. The minimum Gasteiger partial charge on any atom is -0.475 e. The van der Waals surface area contributed by atoms with Crippen LogP contribution in [-0.4, -0.2) is 74.5 Å². The van der Waals surface area contributed by atoms with Gasteiger partial charge in [-0.15, -0.1) is 0 Å². The average Bonchev–Trinajstić information content (AvgIpc) is 3.32. The van der Waals surface area contributed by atoms with Gasteiger partial charge in [0.25, 0.3) is 5.91 Å². The van der Waals surface area contributed by atoms with Crippen molar-refractivity contribution in [2.75, 3.05) is 26.3 Å². The van der Waals surface area contributed by atoms with E-state index in [4.69, 9.17) is 19.4 Å². The minimum absolute atomic E-state index is 0.00490. The van der Waals surface area contributed by atoms with Crippen molar-refractivity contribution in [1.82, 2.24) is 19.4 Å². The summed E-state index contributed by atoms with van der Waals surface area (Å²) >= 11 is 0. The summed E-state index contributed by atoms with van der Waals surface area (Å²) in [5.41, 5.74) is 0.0223. The number of carbonyl (C=O) groups excluding carboxylic acids is 1. The van der Waals surface area contributed by atoms with E-state index >= 15 is 0 Å². The van der Waals surface area contributed by atoms with Crippen LogP contribution in [0, 0.1) is 11.7 Å². The fourth-order valence-corrected chi connectivity index (χ4v) is 3.46. The second-order valence-electron chi connectivity index (χ2n) is 7.39. The van der Waals surface area contributed by atoms with Crippen molar-refractivity contribution in [3.05, 3.63) is 42.4 Å². The number of amides is 1. The van der Waals surface area contributed by atoms with E-state index in [1.54, 1.807) is 22.0 Å². The van der Waals surface area contributed by atoms with Gasteiger partial charge in [0.1, 0.15) is 11.3 Å². The van der Waals surface area contributed by atoms with Crippen molar-refractivity contribution in [3.63, 3.8) is 0 Å². The highest BCUT2D eigenvalue weighted by atomic mass is 19.4. The zero-order valence-electron chi connectivity index (χ0n) is 16.9. The first-order chi connectivity index (χ1) is 15.0. The van der Waals surface area contributed by atoms with Gasteiger partial charge in [0.05, 0.1) is 26.0 Å². The first kappa shape index (κ1) is 23.4. The molecule has 32 heavy (non-hydrogen) atoms. The molecule has 174 valence electrons. The van der Waals surface area contributed by atoms with Crippen LogP contribution in [0.3, 0.4) is 0 Å². The lowest BCUT2D eigenvalue weighted by atomic mass is 9.81. The van der Waals surface area contributed by atoms with Gasteiger partial charge in [0.15, 0.2) is 5.82 Å². The molecule has 0 aromatic carbocycles. The normalized spacial score (nSPS) is 19.2. The van der Waals surface area contributed by atoms with E-state index in [0.717, 1.165) is 6.42 Å². The Bertz CT molecular complexity index is 975.